The summed E-state index contributed by atoms with van der Waals surface area (Å²) >= 11 is 1.64. The molecular weight excluding hydrogens is 330 g/mol. The molecule has 1 heterocycles. The van der Waals surface area contributed by atoms with E-state index in [0.717, 1.165) is 5.75 Å². The third kappa shape index (κ3) is 4.98. The quantitative estimate of drug-likeness (QED) is 0.787. The molecule has 0 spiro atoms. The lowest BCUT2D eigenvalue weighted by Gasteiger charge is -2.29. The zero-order chi connectivity index (χ0) is 17.0. The summed E-state index contributed by atoms with van der Waals surface area (Å²) in [5.41, 5.74) is 1.20. The molecule has 23 heavy (non-hydrogen) atoms. The molecule has 6 heteroatoms. The summed E-state index contributed by atoms with van der Waals surface area (Å²) in [5, 5.41) is -0.150. The Bertz CT molecular complexity index is 628. The van der Waals surface area contributed by atoms with Gasteiger partial charge in [-0.15, -0.1) is 11.8 Å². The maximum Gasteiger partial charge on any atom is 0.235 e. The number of hydrogen-bond donors (Lipinski definition) is 0. The van der Waals surface area contributed by atoms with Crippen LogP contribution in [0.5, 0.6) is 0 Å². The highest BCUT2D eigenvalue weighted by atomic mass is 32.2. The first-order chi connectivity index (χ1) is 10.8. The normalized spacial score (nSPS) is 21.3. The number of hydrogen-bond acceptors (Lipinski definition) is 4. The maximum absolute atomic E-state index is 12.8. The molecule has 2 atom stereocenters. The van der Waals surface area contributed by atoms with E-state index in [0.29, 0.717) is 6.42 Å². The summed E-state index contributed by atoms with van der Waals surface area (Å²) in [6.45, 7) is 4.08. The number of sulfone groups is 1. The van der Waals surface area contributed by atoms with Gasteiger partial charge in [0.15, 0.2) is 9.84 Å². The number of benzene rings is 1. The molecule has 1 aliphatic heterocycles. The molecule has 4 nitrogen and oxygen atoms in total. The fourth-order valence-electron chi connectivity index (χ4n) is 2.77. The summed E-state index contributed by atoms with van der Waals surface area (Å²) in [6.07, 6.45) is 0.554. The Balaban J connectivity index is 2.00. The van der Waals surface area contributed by atoms with Gasteiger partial charge >= 0.3 is 0 Å². The zero-order valence-corrected chi connectivity index (χ0v) is 15.6. The zero-order valence-electron chi connectivity index (χ0n) is 13.9. The second-order valence-corrected chi connectivity index (χ2v) is 9.83. The third-order valence-electron chi connectivity index (χ3n) is 4.23. The van der Waals surface area contributed by atoms with Crippen LogP contribution < -0.4 is 0 Å². The first-order valence-electron chi connectivity index (χ1n) is 7.93. The lowest BCUT2D eigenvalue weighted by molar-refractivity contribution is -0.131. The van der Waals surface area contributed by atoms with Crippen LogP contribution in [0.2, 0.25) is 0 Å². The van der Waals surface area contributed by atoms with Crippen molar-refractivity contribution < 1.29 is 13.2 Å². The molecule has 1 aromatic carbocycles. The monoisotopic (exact) mass is 355 g/mol. The van der Waals surface area contributed by atoms with Gasteiger partial charge in [0.1, 0.15) is 0 Å². The van der Waals surface area contributed by atoms with Crippen LogP contribution in [0.3, 0.4) is 0 Å². The van der Waals surface area contributed by atoms with E-state index in [1.165, 1.54) is 5.56 Å². The Kier molecular flexibility index (Phi) is 6.14. The minimum atomic E-state index is -2.98. The van der Waals surface area contributed by atoms with Crippen molar-refractivity contribution in [3.05, 3.63) is 35.9 Å². The average molecular weight is 356 g/mol. The highest BCUT2D eigenvalue weighted by Gasteiger charge is 2.35. The smallest absolute Gasteiger partial charge is 0.235 e. The molecule has 1 fully saturated rings. The van der Waals surface area contributed by atoms with Crippen molar-refractivity contribution >= 4 is 27.5 Å². The number of rotatable bonds is 6. The van der Waals surface area contributed by atoms with Crippen molar-refractivity contribution in [2.45, 2.75) is 37.3 Å². The van der Waals surface area contributed by atoms with Crippen molar-refractivity contribution in [2.24, 2.45) is 5.92 Å². The van der Waals surface area contributed by atoms with E-state index < -0.39 is 9.84 Å². The van der Waals surface area contributed by atoms with Gasteiger partial charge in [-0.3, -0.25) is 4.79 Å². The molecule has 1 aromatic rings. The van der Waals surface area contributed by atoms with Gasteiger partial charge in [0.05, 0.1) is 16.8 Å². The van der Waals surface area contributed by atoms with Crippen LogP contribution in [0, 0.1) is 5.92 Å². The standard InChI is InChI=1S/C17H25NO3S2/c1-13(2)16(22-11-14-7-5-4-6-8-14)17(19)18(3)15-9-10-23(20,21)12-15/h4-8,13,15-16H,9-12H2,1-3H3. The molecule has 0 radical (unpaired) electrons. The molecule has 1 saturated heterocycles. The van der Waals surface area contributed by atoms with Crippen molar-refractivity contribution in [3.63, 3.8) is 0 Å². The SMILES string of the molecule is CC(C)C(SCc1ccccc1)C(=O)N(C)C1CCS(=O)(=O)C1. The van der Waals surface area contributed by atoms with Crippen molar-refractivity contribution in [1.82, 2.24) is 4.90 Å². The van der Waals surface area contributed by atoms with Crippen molar-refractivity contribution in [3.8, 4) is 0 Å². The van der Waals surface area contributed by atoms with Gasteiger partial charge in [0, 0.05) is 18.8 Å². The number of nitrogens with zero attached hydrogens (tertiary/aromatic N) is 1. The van der Waals surface area contributed by atoms with Crippen molar-refractivity contribution in [2.75, 3.05) is 18.6 Å². The van der Waals surface area contributed by atoms with Gasteiger partial charge in [0.2, 0.25) is 5.91 Å². The Morgan fingerprint density at radius 2 is 1.96 bits per heavy atom. The van der Waals surface area contributed by atoms with Crippen LogP contribution in [0.4, 0.5) is 0 Å². The second-order valence-electron chi connectivity index (χ2n) is 6.47. The van der Waals surface area contributed by atoms with E-state index in [9.17, 15) is 13.2 Å². The third-order valence-corrected chi connectivity index (χ3v) is 7.58. The lowest BCUT2D eigenvalue weighted by atomic mass is 10.1. The van der Waals surface area contributed by atoms with Gasteiger partial charge in [-0.05, 0) is 17.9 Å². The van der Waals surface area contributed by atoms with Gasteiger partial charge in [-0.25, -0.2) is 8.42 Å². The first-order valence-corrected chi connectivity index (χ1v) is 10.8. The predicted molar refractivity (Wildman–Crippen MR) is 96.2 cm³/mol. The molecule has 0 aromatic heterocycles. The first kappa shape index (κ1) is 18.3. The fourth-order valence-corrected chi connectivity index (χ4v) is 5.80. The molecule has 0 saturated carbocycles. The van der Waals surface area contributed by atoms with E-state index in [1.54, 1.807) is 23.7 Å². The molecule has 0 aliphatic carbocycles. The topological polar surface area (TPSA) is 54.5 Å². The van der Waals surface area contributed by atoms with Gasteiger partial charge < -0.3 is 4.90 Å². The number of thioether (sulfide) groups is 1. The Labute approximate surface area is 143 Å². The van der Waals surface area contributed by atoms with Gasteiger partial charge in [0.25, 0.3) is 0 Å². The van der Waals surface area contributed by atoms with Crippen LogP contribution in [0.1, 0.15) is 25.8 Å². The van der Waals surface area contributed by atoms with Crippen LogP contribution >= 0.6 is 11.8 Å². The van der Waals surface area contributed by atoms with E-state index in [1.807, 2.05) is 32.0 Å². The summed E-state index contributed by atoms with van der Waals surface area (Å²) in [4.78, 5) is 14.5. The summed E-state index contributed by atoms with van der Waals surface area (Å²) in [6, 6.07) is 9.92. The molecule has 2 unspecified atom stereocenters. The molecule has 1 aliphatic rings. The minimum Gasteiger partial charge on any atom is -0.341 e. The molecule has 2 rings (SSSR count). The van der Waals surface area contributed by atoms with Crippen LogP contribution in [0.15, 0.2) is 30.3 Å². The molecule has 1 amide bonds. The molecule has 0 N–H and O–H groups in total. The second kappa shape index (κ2) is 7.71. The minimum absolute atomic E-state index is 0.0445. The maximum atomic E-state index is 12.8. The van der Waals surface area contributed by atoms with E-state index in [-0.39, 0.29) is 34.6 Å². The van der Waals surface area contributed by atoms with Gasteiger partial charge in [-0.1, -0.05) is 44.2 Å². The average Bonchev–Trinajstić information content (AvgIpc) is 2.87. The predicted octanol–water partition coefficient (Wildman–Crippen LogP) is 2.59. The number of carbonyl (C=O) groups is 1. The molecular formula is C17H25NO3S2. The Morgan fingerprint density at radius 3 is 2.48 bits per heavy atom. The molecule has 0 bridgehead atoms. The summed E-state index contributed by atoms with van der Waals surface area (Å²) in [7, 11) is -1.23. The Morgan fingerprint density at radius 1 is 1.30 bits per heavy atom. The Hall–Kier alpha value is -1.01. The highest BCUT2D eigenvalue weighted by molar-refractivity contribution is 7.99. The van der Waals surface area contributed by atoms with E-state index >= 15 is 0 Å². The number of amides is 1. The van der Waals surface area contributed by atoms with E-state index in [4.69, 9.17) is 0 Å². The highest BCUT2D eigenvalue weighted by Crippen LogP contribution is 2.27. The van der Waals surface area contributed by atoms with Gasteiger partial charge in [-0.2, -0.15) is 0 Å². The lowest BCUT2D eigenvalue weighted by Crippen LogP contribution is -2.44. The van der Waals surface area contributed by atoms with Crippen LogP contribution in [-0.2, 0) is 20.4 Å². The largest absolute Gasteiger partial charge is 0.341 e. The van der Waals surface area contributed by atoms with Crippen molar-refractivity contribution in [1.29, 1.82) is 0 Å². The summed E-state index contributed by atoms with van der Waals surface area (Å²) < 4.78 is 23.3. The summed E-state index contributed by atoms with van der Waals surface area (Å²) in [5.74, 6) is 1.33. The van der Waals surface area contributed by atoms with Crippen LogP contribution in [-0.4, -0.2) is 49.1 Å². The number of carbonyl (C=O) groups excluding carboxylic acids is 1. The fraction of sp³-hybridized carbons (Fsp3) is 0.588. The molecule has 128 valence electrons. The van der Waals surface area contributed by atoms with Crippen LogP contribution in [0.25, 0.3) is 0 Å². The van der Waals surface area contributed by atoms with E-state index in [2.05, 4.69) is 12.1 Å².